The molecule has 0 atom stereocenters. The summed E-state index contributed by atoms with van der Waals surface area (Å²) in [4.78, 5) is 14.2. The van der Waals surface area contributed by atoms with Crippen LogP contribution >= 0.6 is 11.6 Å². The van der Waals surface area contributed by atoms with Gasteiger partial charge in [0, 0.05) is 25.2 Å². The van der Waals surface area contributed by atoms with Gasteiger partial charge in [0.1, 0.15) is 0 Å². The summed E-state index contributed by atoms with van der Waals surface area (Å²) in [6.07, 6.45) is 0.475. The van der Waals surface area contributed by atoms with Gasteiger partial charge in [0.05, 0.1) is 10.7 Å². The van der Waals surface area contributed by atoms with Gasteiger partial charge in [0.15, 0.2) is 0 Å². The van der Waals surface area contributed by atoms with Gasteiger partial charge in [0.25, 0.3) is 0 Å². The number of halogens is 1. The zero-order valence-electron chi connectivity index (χ0n) is 12.4. The number of nitrogen functional groups attached to an aromatic ring is 1. The van der Waals surface area contributed by atoms with Gasteiger partial charge in [-0.3, -0.25) is 4.79 Å². The number of hydrogen-bond donors (Lipinski definition) is 2. The van der Waals surface area contributed by atoms with Crippen LogP contribution in [0.3, 0.4) is 0 Å². The maximum absolute atomic E-state index is 11.9. The molecule has 0 bridgehead atoms. The summed E-state index contributed by atoms with van der Waals surface area (Å²) in [5.41, 5.74) is 6.86. The number of anilines is 2. The van der Waals surface area contributed by atoms with Crippen LogP contribution < -0.4 is 11.1 Å². The minimum atomic E-state index is -0.00562. The molecule has 1 aromatic rings. The zero-order chi connectivity index (χ0) is 15.1. The Hall–Kier alpha value is -1.26. The molecule has 0 fully saturated rings. The Morgan fingerprint density at radius 1 is 1.45 bits per heavy atom. The molecule has 0 aliphatic heterocycles. The van der Waals surface area contributed by atoms with E-state index in [-0.39, 0.29) is 5.91 Å². The molecule has 0 heterocycles. The maximum atomic E-state index is 11.9. The second kappa shape index (κ2) is 8.12. The van der Waals surface area contributed by atoms with Gasteiger partial charge in [-0.25, -0.2) is 0 Å². The summed E-state index contributed by atoms with van der Waals surface area (Å²) in [5.74, 6) is 0.600. The van der Waals surface area contributed by atoms with E-state index in [9.17, 15) is 4.79 Å². The summed E-state index contributed by atoms with van der Waals surface area (Å²) in [7, 11) is 0. The SMILES string of the molecule is CCN(CCC(=O)Nc1ccc(Cl)c(N)c1)CC(C)C. The van der Waals surface area contributed by atoms with Gasteiger partial charge in [-0.15, -0.1) is 0 Å². The minimum Gasteiger partial charge on any atom is -0.397 e. The molecule has 1 aromatic carbocycles. The summed E-state index contributed by atoms with van der Waals surface area (Å²) in [5, 5.41) is 3.34. The van der Waals surface area contributed by atoms with Crippen LogP contribution in [0.25, 0.3) is 0 Å². The van der Waals surface area contributed by atoms with Crippen molar-refractivity contribution in [2.45, 2.75) is 27.2 Å². The van der Waals surface area contributed by atoms with Crippen molar-refractivity contribution in [3.05, 3.63) is 23.2 Å². The van der Waals surface area contributed by atoms with Crippen molar-refractivity contribution in [1.29, 1.82) is 0 Å². The van der Waals surface area contributed by atoms with E-state index < -0.39 is 0 Å². The average Bonchev–Trinajstić information content (AvgIpc) is 2.38. The molecule has 0 saturated heterocycles. The molecule has 0 aliphatic rings. The average molecular weight is 298 g/mol. The first-order chi connectivity index (χ1) is 9.42. The topological polar surface area (TPSA) is 58.4 Å². The van der Waals surface area contributed by atoms with E-state index >= 15 is 0 Å². The fourth-order valence-electron chi connectivity index (χ4n) is 2.00. The number of amides is 1. The van der Waals surface area contributed by atoms with Crippen LogP contribution in [0.4, 0.5) is 11.4 Å². The number of carbonyl (C=O) groups is 1. The maximum Gasteiger partial charge on any atom is 0.225 e. The van der Waals surface area contributed by atoms with Crippen molar-refractivity contribution in [2.24, 2.45) is 5.92 Å². The van der Waals surface area contributed by atoms with Gasteiger partial charge >= 0.3 is 0 Å². The summed E-state index contributed by atoms with van der Waals surface area (Å²) >= 11 is 5.84. The highest BCUT2D eigenvalue weighted by Crippen LogP contribution is 2.22. The molecule has 1 rings (SSSR count). The standard InChI is InChI=1S/C15H24ClN3O/c1-4-19(10-11(2)3)8-7-15(20)18-12-5-6-13(16)14(17)9-12/h5-6,9,11H,4,7-8,10,17H2,1-3H3,(H,18,20). The Morgan fingerprint density at radius 2 is 2.15 bits per heavy atom. The van der Waals surface area contributed by atoms with Crippen LogP contribution in [0.5, 0.6) is 0 Å². The van der Waals surface area contributed by atoms with Gasteiger partial charge in [0.2, 0.25) is 5.91 Å². The normalized spacial score (nSPS) is 11.1. The number of hydrogen-bond acceptors (Lipinski definition) is 3. The lowest BCUT2D eigenvalue weighted by Crippen LogP contribution is -2.31. The molecule has 0 aliphatic carbocycles. The smallest absolute Gasteiger partial charge is 0.225 e. The lowest BCUT2D eigenvalue weighted by Gasteiger charge is -2.22. The van der Waals surface area contributed by atoms with Gasteiger partial charge in [-0.1, -0.05) is 32.4 Å². The second-order valence-electron chi connectivity index (χ2n) is 5.32. The molecule has 0 saturated carbocycles. The molecular formula is C15H24ClN3O. The molecule has 4 nitrogen and oxygen atoms in total. The molecule has 5 heteroatoms. The first-order valence-electron chi connectivity index (χ1n) is 6.99. The highest BCUT2D eigenvalue weighted by molar-refractivity contribution is 6.33. The Kier molecular flexibility index (Phi) is 6.82. The van der Waals surface area contributed by atoms with E-state index in [4.69, 9.17) is 17.3 Å². The Balaban J connectivity index is 2.44. The lowest BCUT2D eigenvalue weighted by atomic mass is 10.2. The largest absolute Gasteiger partial charge is 0.397 e. The van der Waals surface area contributed by atoms with E-state index in [1.807, 2.05) is 0 Å². The molecule has 0 unspecified atom stereocenters. The molecule has 3 N–H and O–H groups in total. The number of carbonyl (C=O) groups excluding carboxylic acids is 1. The summed E-state index contributed by atoms with van der Waals surface area (Å²) in [6.45, 7) is 9.21. The fourth-order valence-corrected chi connectivity index (χ4v) is 2.12. The number of benzene rings is 1. The molecule has 20 heavy (non-hydrogen) atoms. The van der Waals surface area contributed by atoms with Gasteiger partial charge < -0.3 is 16.0 Å². The minimum absolute atomic E-state index is 0.00562. The van der Waals surface area contributed by atoms with Crippen LogP contribution in [-0.2, 0) is 4.79 Å². The van der Waals surface area contributed by atoms with Gasteiger partial charge in [-0.05, 0) is 30.7 Å². The third-order valence-electron chi connectivity index (χ3n) is 3.01. The monoisotopic (exact) mass is 297 g/mol. The summed E-state index contributed by atoms with van der Waals surface area (Å²) < 4.78 is 0. The Bertz CT molecular complexity index is 449. The Labute approximate surface area is 126 Å². The number of rotatable bonds is 7. The van der Waals surface area contributed by atoms with E-state index in [1.165, 1.54) is 0 Å². The van der Waals surface area contributed by atoms with Crippen molar-refractivity contribution in [2.75, 3.05) is 30.7 Å². The van der Waals surface area contributed by atoms with Crippen LogP contribution in [-0.4, -0.2) is 30.4 Å². The molecular weight excluding hydrogens is 274 g/mol. The molecule has 1 amide bonds. The van der Waals surface area contributed by atoms with Crippen molar-refractivity contribution in [3.63, 3.8) is 0 Å². The highest BCUT2D eigenvalue weighted by atomic mass is 35.5. The van der Waals surface area contributed by atoms with Crippen LogP contribution in [0.2, 0.25) is 5.02 Å². The van der Waals surface area contributed by atoms with E-state index in [0.29, 0.717) is 28.7 Å². The van der Waals surface area contributed by atoms with Crippen LogP contribution in [0, 0.1) is 5.92 Å². The predicted molar refractivity (Wildman–Crippen MR) is 86.1 cm³/mol. The quantitative estimate of drug-likeness (QED) is 0.760. The van der Waals surface area contributed by atoms with Crippen molar-refractivity contribution >= 4 is 28.9 Å². The van der Waals surface area contributed by atoms with Crippen molar-refractivity contribution in [3.8, 4) is 0 Å². The Morgan fingerprint density at radius 3 is 2.70 bits per heavy atom. The highest BCUT2D eigenvalue weighted by Gasteiger charge is 2.09. The van der Waals surface area contributed by atoms with Gasteiger partial charge in [-0.2, -0.15) is 0 Å². The van der Waals surface area contributed by atoms with Crippen LogP contribution in [0.1, 0.15) is 27.2 Å². The van der Waals surface area contributed by atoms with Crippen molar-refractivity contribution in [1.82, 2.24) is 4.90 Å². The first kappa shape index (κ1) is 16.8. The number of nitrogens with two attached hydrogens (primary N) is 1. The lowest BCUT2D eigenvalue weighted by molar-refractivity contribution is -0.116. The number of nitrogens with one attached hydrogen (secondary N) is 1. The van der Waals surface area contributed by atoms with E-state index in [2.05, 4.69) is 31.0 Å². The summed E-state index contributed by atoms with van der Waals surface area (Å²) in [6, 6.07) is 5.11. The van der Waals surface area contributed by atoms with E-state index in [0.717, 1.165) is 19.6 Å². The zero-order valence-corrected chi connectivity index (χ0v) is 13.2. The van der Waals surface area contributed by atoms with Crippen LogP contribution in [0.15, 0.2) is 18.2 Å². The third kappa shape index (κ3) is 5.80. The van der Waals surface area contributed by atoms with Crippen molar-refractivity contribution < 1.29 is 4.79 Å². The predicted octanol–water partition coefficient (Wildman–Crippen LogP) is 3.23. The fraction of sp³-hybridized carbons (Fsp3) is 0.533. The first-order valence-corrected chi connectivity index (χ1v) is 7.37. The molecule has 0 aromatic heterocycles. The van der Waals surface area contributed by atoms with E-state index in [1.54, 1.807) is 18.2 Å². The number of nitrogens with zero attached hydrogens (tertiary/aromatic N) is 1. The molecule has 0 radical (unpaired) electrons. The third-order valence-corrected chi connectivity index (χ3v) is 3.35. The molecule has 0 spiro atoms. The second-order valence-corrected chi connectivity index (χ2v) is 5.73. The molecule has 112 valence electrons.